The largest absolute Gasteiger partial charge is 0.0876 e. The predicted octanol–water partition coefficient (Wildman–Crippen LogP) is 3.00. The molecule has 0 aromatic carbocycles. The van der Waals surface area contributed by atoms with Crippen molar-refractivity contribution in [2.75, 3.05) is 0 Å². The van der Waals surface area contributed by atoms with E-state index in [0.29, 0.717) is 5.41 Å². The van der Waals surface area contributed by atoms with Gasteiger partial charge in [0.2, 0.25) is 0 Å². The van der Waals surface area contributed by atoms with Gasteiger partial charge in [0.1, 0.15) is 0 Å². The standard InChI is InChI=1S/C10H16/c1-4-9-7-5-8(6-7)10(9,2)3/h4,7-8H,5-6H2,1-3H3. The van der Waals surface area contributed by atoms with E-state index >= 15 is 0 Å². The molecule has 10 heavy (non-hydrogen) atoms. The molecule has 0 heteroatoms. The third-order valence-corrected chi connectivity index (χ3v) is 3.65. The Labute approximate surface area is 63.3 Å². The van der Waals surface area contributed by atoms with Crippen molar-refractivity contribution in [1.82, 2.24) is 0 Å². The Morgan fingerprint density at radius 1 is 1.40 bits per heavy atom. The molecule has 3 fully saturated rings. The Bertz CT molecular complexity index is 180. The van der Waals surface area contributed by atoms with Crippen LogP contribution in [0.15, 0.2) is 11.6 Å². The van der Waals surface area contributed by atoms with Crippen LogP contribution in [0.25, 0.3) is 0 Å². The van der Waals surface area contributed by atoms with Gasteiger partial charge in [0.15, 0.2) is 0 Å². The van der Waals surface area contributed by atoms with Crippen LogP contribution < -0.4 is 0 Å². The van der Waals surface area contributed by atoms with E-state index in [9.17, 15) is 0 Å². The highest BCUT2D eigenvalue weighted by Gasteiger charge is 2.52. The van der Waals surface area contributed by atoms with Crippen LogP contribution in [0.5, 0.6) is 0 Å². The van der Waals surface area contributed by atoms with E-state index < -0.39 is 0 Å². The highest BCUT2D eigenvalue weighted by Crippen LogP contribution is 2.62. The van der Waals surface area contributed by atoms with Crippen molar-refractivity contribution in [3.63, 3.8) is 0 Å². The lowest BCUT2D eigenvalue weighted by Crippen LogP contribution is -2.18. The third kappa shape index (κ3) is 0.531. The molecule has 0 saturated heterocycles. The molecule has 0 aromatic rings. The van der Waals surface area contributed by atoms with Crippen LogP contribution in [0.1, 0.15) is 33.6 Å². The number of hydrogen-bond donors (Lipinski definition) is 0. The van der Waals surface area contributed by atoms with Gasteiger partial charge in [0.25, 0.3) is 0 Å². The summed E-state index contributed by atoms with van der Waals surface area (Å²) in [6.07, 6.45) is 5.30. The van der Waals surface area contributed by atoms with Crippen LogP contribution in [-0.4, -0.2) is 0 Å². The fraction of sp³-hybridized carbons (Fsp3) is 0.800. The van der Waals surface area contributed by atoms with Gasteiger partial charge in [-0.3, -0.25) is 0 Å². The lowest BCUT2D eigenvalue weighted by atomic mass is 9.77. The van der Waals surface area contributed by atoms with Gasteiger partial charge in [-0.05, 0) is 37.0 Å². The van der Waals surface area contributed by atoms with Crippen molar-refractivity contribution in [1.29, 1.82) is 0 Å². The monoisotopic (exact) mass is 136 g/mol. The van der Waals surface area contributed by atoms with Crippen LogP contribution >= 0.6 is 0 Å². The normalized spacial score (nSPS) is 45.7. The molecule has 3 rings (SSSR count). The maximum absolute atomic E-state index is 2.40. The van der Waals surface area contributed by atoms with E-state index in [0.717, 1.165) is 11.8 Å². The molecular formula is C10H16. The van der Waals surface area contributed by atoms with Crippen molar-refractivity contribution in [2.45, 2.75) is 33.6 Å². The lowest BCUT2D eigenvalue weighted by Gasteiger charge is -2.27. The van der Waals surface area contributed by atoms with Gasteiger partial charge in [-0.15, -0.1) is 0 Å². The molecular weight excluding hydrogens is 120 g/mol. The van der Waals surface area contributed by atoms with Crippen LogP contribution in [0, 0.1) is 17.3 Å². The van der Waals surface area contributed by atoms with Gasteiger partial charge in [0, 0.05) is 0 Å². The van der Waals surface area contributed by atoms with Gasteiger partial charge in [-0.1, -0.05) is 25.5 Å². The summed E-state index contributed by atoms with van der Waals surface area (Å²) in [5, 5.41) is 0. The molecule has 0 unspecified atom stereocenters. The van der Waals surface area contributed by atoms with E-state index in [1.807, 2.05) is 0 Å². The zero-order valence-corrected chi connectivity index (χ0v) is 7.15. The molecule has 3 aliphatic carbocycles. The van der Waals surface area contributed by atoms with Gasteiger partial charge in [-0.2, -0.15) is 0 Å². The van der Waals surface area contributed by atoms with Crippen LogP contribution in [0.2, 0.25) is 0 Å². The van der Waals surface area contributed by atoms with Crippen LogP contribution in [0.4, 0.5) is 0 Å². The smallest absolute Gasteiger partial charge is 0.0113 e. The Balaban J connectivity index is 2.37. The van der Waals surface area contributed by atoms with Crippen molar-refractivity contribution in [2.24, 2.45) is 17.3 Å². The van der Waals surface area contributed by atoms with Crippen molar-refractivity contribution in [3.05, 3.63) is 11.6 Å². The van der Waals surface area contributed by atoms with E-state index in [4.69, 9.17) is 0 Å². The molecule has 0 radical (unpaired) electrons. The Morgan fingerprint density at radius 3 is 2.20 bits per heavy atom. The summed E-state index contributed by atoms with van der Waals surface area (Å²) in [6.45, 7) is 7.00. The minimum atomic E-state index is 0.555. The second kappa shape index (κ2) is 1.66. The molecule has 56 valence electrons. The van der Waals surface area contributed by atoms with Crippen molar-refractivity contribution < 1.29 is 0 Å². The van der Waals surface area contributed by atoms with Crippen LogP contribution in [0.3, 0.4) is 0 Å². The molecule has 0 N–H and O–H groups in total. The molecule has 0 spiro atoms. The highest BCUT2D eigenvalue weighted by molar-refractivity contribution is 5.28. The second-order valence-corrected chi connectivity index (χ2v) is 4.33. The van der Waals surface area contributed by atoms with E-state index in [1.165, 1.54) is 12.8 Å². The molecule has 0 aliphatic heterocycles. The molecule has 0 heterocycles. The molecule has 0 nitrogen and oxygen atoms in total. The minimum Gasteiger partial charge on any atom is -0.0876 e. The quantitative estimate of drug-likeness (QED) is 0.449. The van der Waals surface area contributed by atoms with Gasteiger partial charge in [0.05, 0.1) is 0 Å². The summed E-state index contributed by atoms with van der Waals surface area (Å²) in [6, 6.07) is 0. The summed E-state index contributed by atoms with van der Waals surface area (Å²) >= 11 is 0. The number of fused-ring (bicyclic) bond motifs is 1. The Hall–Kier alpha value is -0.260. The van der Waals surface area contributed by atoms with Crippen molar-refractivity contribution in [3.8, 4) is 0 Å². The molecule has 0 atom stereocenters. The summed E-state index contributed by atoms with van der Waals surface area (Å²) in [5.74, 6) is 1.99. The summed E-state index contributed by atoms with van der Waals surface area (Å²) in [4.78, 5) is 0. The van der Waals surface area contributed by atoms with Gasteiger partial charge in [-0.25, -0.2) is 0 Å². The maximum atomic E-state index is 2.40. The summed E-state index contributed by atoms with van der Waals surface area (Å²) < 4.78 is 0. The maximum Gasteiger partial charge on any atom is -0.0113 e. The average molecular weight is 136 g/mol. The van der Waals surface area contributed by atoms with E-state index in [2.05, 4.69) is 26.8 Å². The molecule has 0 amide bonds. The van der Waals surface area contributed by atoms with Crippen LogP contribution in [-0.2, 0) is 0 Å². The zero-order chi connectivity index (χ0) is 7.35. The number of hydrogen-bond acceptors (Lipinski definition) is 0. The molecule has 2 bridgehead atoms. The average Bonchev–Trinajstić information content (AvgIpc) is 2.09. The van der Waals surface area contributed by atoms with Gasteiger partial charge >= 0.3 is 0 Å². The Morgan fingerprint density at radius 2 is 2.00 bits per heavy atom. The van der Waals surface area contributed by atoms with Crippen molar-refractivity contribution >= 4 is 0 Å². The predicted molar refractivity (Wildman–Crippen MR) is 43.8 cm³/mol. The topological polar surface area (TPSA) is 0 Å². The third-order valence-electron chi connectivity index (χ3n) is 3.65. The zero-order valence-electron chi connectivity index (χ0n) is 7.15. The first-order valence-corrected chi connectivity index (χ1v) is 4.33. The minimum absolute atomic E-state index is 0.555. The first kappa shape index (κ1) is 6.45. The lowest BCUT2D eigenvalue weighted by molar-refractivity contribution is 0.224. The Kier molecular flexibility index (Phi) is 1.07. The summed E-state index contributed by atoms with van der Waals surface area (Å²) in [7, 11) is 0. The highest BCUT2D eigenvalue weighted by atomic mass is 14.6. The first-order valence-electron chi connectivity index (χ1n) is 4.33. The molecule has 0 aromatic heterocycles. The number of allylic oxidation sites excluding steroid dienone is 2. The van der Waals surface area contributed by atoms with Gasteiger partial charge < -0.3 is 0 Å². The second-order valence-electron chi connectivity index (χ2n) is 4.33. The number of rotatable bonds is 0. The SMILES string of the molecule is CC=C1C2CC(C2)C1(C)C. The summed E-state index contributed by atoms with van der Waals surface area (Å²) in [5.41, 5.74) is 2.29. The molecule has 3 saturated carbocycles. The fourth-order valence-electron chi connectivity index (χ4n) is 2.83. The fourth-order valence-corrected chi connectivity index (χ4v) is 2.83. The molecule has 3 aliphatic rings. The van der Waals surface area contributed by atoms with E-state index in [-0.39, 0.29) is 0 Å². The van der Waals surface area contributed by atoms with E-state index in [1.54, 1.807) is 5.57 Å². The first-order chi connectivity index (χ1) is 4.66.